The minimum atomic E-state index is -3.71. The van der Waals surface area contributed by atoms with Crippen LogP contribution in [-0.4, -0.2) is 54.9 Å². The van der Waals surface area contributed by atoms with Crippen LogP contribution in [0.25, 0.3) is 0 Å². The third-order valence-electron chi connectivity index (χ3n) is 4.07. The van der Waals surface area contributed by atoms with Gasteiger partial charge in [-0.15, -0.1) is 0 Å². The quantitative estimate of drug-likeness (QED) is 0.858. The predicted molar refractivity (Wildman–Crippen MR) is 77.2 cm³/mol. The van der Waals surface area contributed by atoms with Crippen LogP contribution in [0.5, 0.6) is 0 Å². The van der Waals surface area contributed by atoms with Crippen molar-refractivity contribution in [1.82, 2.24) is 14.5 Å². The number of sulfone groups is 1. The Kier molecular flexibility index (Phi) is 3.42. The molecule has 1 saturated carbocycles. The van der Waals surface area contributed by atoms with Crippen molar-refractivity contribution < 1.29 is 16.8 Å². The van der Waals surface area contributed by atoms with E-state index in [9.17, 15) is 16.8 Å². The molecule has 0 bridgehead atoms. The van der Waals surface area contributed by atoms with Crippen LogP contribution in [0.4, 0.5) is 0 Å². The molecule has 1 aliphatic carbocycles. The number of sulfonamides is 1. The smallest absolute Gasteiger partial charge is 0.247 e. The summed E-state index contributed by atoms with van der Waals surface area (Å²) in [6, 6.07) is -0.511. The summed E-state index contributed by atoms with van der Waals surface area (Å²) < 4.78 is 50.8. The van der Waals surface area contributed by atoms with E-state index in [1.807, 2.05) is 0 Å². The molecule has 118 valence electrons. The molecule has 3 rings (SSSR count). The minimum absolute atomic E-state index is 0.0676. The fourth-order valence-electron chi connectivity index (χ4n) is 3.02. The first-order chi connectivity index (χ1) is 9.72. The highest BCUT2D eigenvalue weighted by Crippen LogP contribution is 2.37. The maximum atomic E-state index is 13.0. The van der Waals surface area contributed by atoms with E-state index in [2.05, 4.69) is 10.2 Å². The molecule has 1 N–H and O–H groups in total. The maximum Gasteiger partial charge on any atom is 0.247 e. The van der Waals surface area contributed by atoms with Gasteiger partial charge in [0, 0.05) is 12.1 Å². The Morgan fingerprint density at radius 1 is 1.19 bits per heavy atom. The second kappa shape index (κ2) is 4.79. The third kappa shape index (κ3) is 2.62. The van der Waals surface area contributed by atoms with Crippen molar-refractivity contribution in [2.24, 2.45) is 0 Å². The first kappa shape index (κ1) is 15.0. The summed E-state index contributed by atoms with van der Waals surface area (Å²) in [5.41, 5.74) is 0.929. The van der Waals surface area contributed by atoms with Gasteiger partial charge in [-0.1, -0.05) is 0 Å². The van der Waals surface area contributed by atoms with Gasteiger partial charge in [0.1, 0.15) is 4.90 Å². The number of hydrogen-bond donors (Lipinski definition) is 1. The number of hydrogen-bond acceptors (Lipinski definition) is 5. The average Bonchev–Trinajstić information content (AvgIpc) is 3.02. The summed E-state index contributed by atoms with van der Waals surface area (Å²) in [6.45, 7) is 3.32. The van der Waals surface area contributed by atoms with E-state index in [4.69, 9.17) is 0 Å². The Labute approximate surface area is 124 Å². The number of nitrogens with zero attached hydrogens (tertiary/aromatic N) is 2. The van der Waals surface area contributed by atoms with Crippen molar-refractivity contribution in [3.05, 3.63) is 11.4 Å². The third-order valence-corrected chi connectivity index (χ3v) is 8.09. The first-order valence-corrected chi connectivity index (χ1v) is 10.2. The zero-order chi connectivity index (χ0) is 15.4. The largest absolute Gasteiger partial charge is 0.281 e. The van der Waals surface area contributed by atoms with Gasteiger partial charge >= 0.3 is 0 Å². The van der Waals surface area contributed by atoms with Crippen LogP contribution in [0, 0.1) is 13.8 Å². The zero-order valence-corrected chi connectivity index (χ0v) is 13.7. The normalized spacial score (nSPS) is 25.6. The monoisotopic (exact) mass is 333 g/mol. The zero-order valence-electron chi connectivity index (χ0n) is 12.0. The van der Waals surface area contributed by atoms with E-state index in [0.717, 1.165) is 12.8 Å². The molecule has 2 fully saturated rings. The Hall–Kier alpha value is -0.930. The SMILES string of the molecule is Cc1n[nH]c(C)c1S(=O)(=O)N(C1CC1)C1CCS(=O)(=O)C1. The highest BCUT2D eigenvalue weighted by Gasteiger charge is 2.47. The summed E-state index contributed by atoms with van der Waals surface area (Å²) in [6.07, 6.45) is 1.98. The van der Waals surface area contributed by atoms with Gasteiger partial charge in [-0.3, -0.25) is 5.10 Å². The van der Waals surface area contributed by atoms with Crippen LogP contribution >= 0.6 is 0 Å². The van der Waals surface area contributed by atoms with Crippen molar-refractivity contribution in [2.75, 3.05) is 11.5 Å². The number of nitrogens with one attached hydrogen (secondary N) is 1. The van der Waals surface area contributed by atoms with Gasteiger partial charge < -0.3 is 0 Å². The highest BCUT2D eigenvalue weighted by atomic mass is 32.2. The van der Waals surface area contributed by atoms with Gasteiger partial charge in [-0.05, 0) is 33.1 Å². The molecule has 0 spiro atoms. The highest BCUT2D eigenvalue weighted by molar-refractivity contribution is 7.92. The Balaban J connectivity index is 2.02. The lowest BCUT2D eigenvalue weighted by Gasteiger charge is -2.27. The van der Waals surface area contributed by atoms with Gasteiger partial charge in [0.15, 0.2) is 9.84 Å². The van der Waals surface area contributed by atoms with Crippen LogP contribution in [0.15, 0.2) is 4.90 Å². The molecule has 1 aromatic rings. The second-order valence-corrected chi connectivity index (χ2v) is 9.89. The fourth-order valence-corrected chi connectivity index (χ4v) is 7.07. The molecule has 0 aromatic carbocycles. The molecule has 1 atom stereocenters. The molecule has 2 heterocycles. The molecule has 21 heavy (non-hydrogen) atoms. The molecular weight excluding hydrogens is 314 g/mol. The van der Waals surface area contributed by atoms with Gasteiger partial charge in [-0.25, -0.2) is 16.8 Å². The number of H-pyrrole nitrogens is 1. The lowest BCUT2D eigenvalue weighted by Crippen LogP contribution is -2.43. The molecule has 1 saturated heterocycles. The van der Waals surface area contributed by atoms with E-state index in [1.165, 1.54) is 4.31 Å². The summed E-state index contributed by atoms with van der Waals surface area (Å²) in [4.78, 5) is 0.193. The lowest BCUT2D eigenvalue weighted by molar-refractivity contribution is 0.332. The van der Waals surface area contributed by atoms with E-state index in [1.54, 1.807) is 13.8 Å². The average molecular weight is 333 g/mol. The number of rotatable bonds is 4. The first-order valence-electron chi connectivity index (χ1n) is 6.98. The number of aromatic amines is 1. The second-order valence-electron chi connectivity index (χ2n) is 5.89. The van der Waals surface area contributed by atoms with Crippen molar-refractivity contribution >= 4 is 19.9 Å². The number of aromatic nitrogens is 2. The predicted octanol–water partition coefficient (Wildman–Crippen LogP) is 0.367. The van der Waals surface area contributed by atoms with E-state index in [0.29, 0.717) is 17.8 Å². The minimum Gasteiger partial charge on any atom is -0.281 e. The molecule has 1 unspecified atom stereocenters. The van der Waals surface area contributed by atoms with Gasteiger partial charge in [0.2, 0.25) is 10.0 Å². The molecule has 1 aromatic heterocycles. The molecule has 9 heteroatoms. The molecular formula is C12H19N3O4S2. The van der Waals surface area contributed by atoms with Crippen LogP contribution < -0.4 is 0 Å². The Bertz CT molecular complexity index is 743. The molecule has 2 aliphatic rings. The van der Waals surface area contributed by atoms with Crippen LogP contribution in [0.3, 0.4) is 0 Å². The summed E-state index contributed by atoms with van der Waals surface area (Å²) in [5, 5.41) is 6.64. The van der Waals surface area contributed by atoms with Crippen molar-refractivity contribution in [3.8, 4) is 0 Å². The summed E-state index contributed by atoms with van der Waals surface area (Å²) in [5.74, 6) is -0.00155. The van der Waals surface area contributed by atoms with E-state index >= 15 is 0 Å². The van der Waals surface area contributed by atoms with E-state index < -0.39 is 25.9 Å². The number of aryl methyl sites for hydroxylation is 2. The fraction of sp³-hybridized carbons (Fsp3) is 0.750. The Morgan fingerprint density at radius 3 is 2.29 bits per heavy atom. The standard InChI is InChI=1S/C12H19N3O4S2/c1-8-12(9(2)14-13-8)21(18,19)15(10-3-4-10)11-5-6-20(16,17)7-11/h10-11H,3-7H2,1-2H3,(H,13,14). The van der Waals surface area contributed by atoms with Crippen molar-refractivity contribution in [1.29, 1.82) is 0 Å². The van der Waals surface area contributed by atoms with Crippen LogP contribution in [-0.2, 0) is 19.9 Å². The summed E-state index contributed by atoms with van der Waals surface area (Å²) >= 11 is 0. The summed E-state index contributed by atoms with van der Waals surface area (Å²) in [7, 11) is -6.84. The van der Waals surface area contributed by atoms with Crippen molar-refractivity contribution in [2.45, 2.75) is 50.1 Å². The molecule has 0 amide bonds. The van der Waals surface area contributed by atoms with E-state index in [-0.39, 0.29) is 22.4 Å². The maximum absolute atomic E-state index is 13.0. The van der Waals surface area contributed by atoms with Gasteiger partial charge in [-0.2, -0.15) is 9.40 Å². The molecule has 1 aliphatic heterocycles. The Morgan fingerprint density at radius 2 is 1.86 bits per heavy atom. The topological polar surface area (TPSA) is 100 Å². The van der Waals surface area contributed by atoms with Crippen LogP contribution in [0.2, 0.25) is 0 Å². The van der Waals surface area contributed by atoms with Crippen LogP contribution in [0.1, 0.15) is 30.7 Å². The van der Waals surface area contributed by atoms with Gasteiger partial charge in [0.05, 0.1) is 22.9 Å². The van der Waals surface area contributed by atoms with Gasteiger partial charge in [0.25, 0.3) is 0 Å². The lowest BCUT2D eigenvalue weighted by atomic mass is 10.2. The molecule has 0 radical (unpaired) electrons. The van der Waals surface area contributed by atoms with Crippen molar-refractivity contribution in [3.63, 3.8) is 0 Å². The molecule has 7 nitrogen and oxygen atoms in total.